The molecule has 0 aliphatic rings. The highest BCUT2D eigenvalue weighted by atomic mass is 35.5. The van der Waals surface area contributed by atoms with Crippen LogP contribution in [-0.2, 0) is 14.6 Å². The Bertz CT molecular complexity index is 1690. The van der Waals surface area contributed by atoms with E-state index in [1.807, 2.05) is 0 Å². The summed E-state index contributed by atoms with van der Waals surface area (Å²) >= 11 is 12.0. The van der Waals surface area contributed by atoms with Gasteiger partial charge < -0.3 is 10.6 Å². The Morgan fingerprint density at radius 1 is 0.800 bits per heavy atom. The number of hydrogen-bond donors (Lipinski definition) is 3. The van der Waals surface area contributed by atoms with Gasteiger partial charge in [0.2, 0.25) is 9.84 Å². The minimum Gasteiger partial charge on any atom is -0.375 e. The molecule has 11 heteroatoms. The van der Waals surface area contributed by atoms with Gasteiger partial charge in [-0.2, -0.15) is 5.10 Å². The standard InChI is InChI=1S/C29H24Cl2N4O4S/c1-19(20-7-6-10-24(16-20)33-29(37)21-8-5-9-22(30)15-21)34-35-28(36)18-32-26-14-13-23(31)17-27(26)40(38,39)25-11-3-2-4-12-25/h2-17,32H,18H2,1H3,(H,33,37)(H,35,36)/b34-19-. The van der Waals surface area contributed by atoms with Crippen LogP contribution in [0, 0.1) is 0 Å². The van der Waals surface area contributed by atoms with Gasteiger partial charge in [0.15, 0.2) is 0 Å². The molecule has 4 aromatic rings. The van der Waals surface area contributed by atoms with Crippen molar-refractivity contribution in [2.24, 2.45) is 5.10 Å². The molecule has 0 fully saturated rings. The molecule has 8 nitrogen and oxygen atoms in total. The number of hydrazone groups is 1. The lowest BCUT2D eigenvalue weighted by Crippen LogP contribution is -2.27. The van der Waals surface area contributed by atoms with Crippen molar-refractivity contribution in [3.63, 3.8) is 0 Å². The number of sulfone groups is 1. The Balaban J connectivity index is 1.41. The van der Waals surface area contributed by atoms with Gasteiger partial charge in [-0.15, -0.1) is 0 Å². The lowest BCUT2D eigenvalue weighted by Gasteiger charge is -2.13. The largest absolute Gasteiger partial charge is 0.375 e. The third kappa shape index (κ3) is 7.26. The van der Waals surface area contributed by atoms with E-state index in [0.29, 0.717) is 27.5 Å². The van der Waals surface area contributed by atoms with Gasteiger partial charge in [-0.1, -0.05) is 59.6 Å². The highest BCUT2D eigenvalue weighted by Crippen LogP contribution is 2.30. The molecule has 0 aliphatic carbocycles. The van der Waals surface area contributed by atoms with Crippen molar-refractivity contribution < 1.29 is 18.0 Å². The van der Waals surface area contributed by atoms with Crippen LogP contribution in [0.2, 0.25) is 10.0 Å². The first-order chi connectivity index (χ1) is 19.1. The van der Waals surface area contributed by atoms with Gasteiger partial charge >= 0.3 is 0 Å². The third-order valence-electron chi connectivity index (χ3n) is 5.70. The summed E-state index contributed by atoms with van der Waals surface area (Å²) < 4.78 is 26.3. The first-order valence-electron chi connectivity index (χ1n) is 12.0. The van der Waals surface area contributed by atoms with Gasteiger partial charge in [0.1, 0.15) is 0 Å². The number of rotatable bonds is 9. The lowest BCUT2D eigenvalue weighted by atomic mass is 10.1. The minimum absolute atomic E-state index is 0.0460. The molecular weight excluding hydrogens is 571 g/mol. The van der Waals surface area contributed by atoms with Crippen LogP contribution >= 0.6 is 23.2 Å². The average Bonchev–Trinajstić information content (AvgIpc) is 2.95. The summed E-state index contributed by atoms with van der Waals surface area (Å²) in [5, 5.41) is 10.5. The van der Waals surface area contributed by atoms with Crippen LogP contribution in [0.25, 0.3) is 0 Å². The van der Waals surface area contributed by atoms with Crippen molar-refractivity contribution in [3.05, 3.63) is 118 Å². The SMILES string of the molecule is C/C(=N/NC(=O)CNc1ccc(Cl)cc1S(=O)(=O)c1ccccc1)c1cccc(NC(=O)c2cccc(Cl)c2)c1. The van der Waals surface area contributed by atoms with Crippen molar-refractivity contribution in [2.45, 2.75) is 16.7 Å². The molecule has 0 atom stereocenters. The second-order valence-electron chi connectivity index (χ2n) is 8.59. The van der Waals surface area contributed by atoms with E-state index in [-0.39, 0.29) is 33.0 Å². The van der Waals surface area contributed by atoms with E-state index in [4.69, 9.17) is 23.2 Å². The van der Waals surface area contributed by atoms with Crippen molar-refractivity contribution in [1.29, 1.82) is 0 Å². The molecule has 40 heavy (non-hydrogen) atoms. The number of nitrogens with one attached hydrogen (secondary N) is 3. The van der Waals surface area contributed by atoms with Crippen molar-refractivity contribution in [2.75, 3.05) is 17.2 Å². The molecule has 0 aliphatic heterocycles. The fourth-order valence-corrected chi connectivity index (χ4v) is 5.58. The number of carbonyl (C=O) groups is 2. The van der Waals surface area contributed by atoms with Gasteiger partial charge in [-0.05, 0) is 73.2 Å². The Morgan fingerprint density at radius 2 is 1.50 bits per heavy atom. The van der Waals surface area contributed by atoms with E-state index in [1.165, 1.54) is 30.3 Å². The lowest BCUT2D eigenvalue weighted by molar-refractivity contribution is -0.119. The molecule has 204 valence electrons. The zero-order chi connectivity index (χ0) is 28.7. The topological polar surface area (TPSA) is 117 Å². The number of anilines is 2. The number of halogens is 2. The molecular formula is C29H24Cl2N4O4S. The van der Waals surface area contributed by atoms with E-state index < -0.39 is 15.7 Å². The van der Waals surface area contributed by atoms with Gasteiger partial charge in [-0.25, -0.2) is 13.8 Å². The third-order valence-corrected chi connectivity index (χ3v) is 7.98. The maximum absolute atomic E-state index is 13.2. The molecule has 0 spiro atoms. The summed E-state index contributed by atoms with van der Waals surface area (Å²) in [5.74, 6) is -0.813. The maximum atomic E-state index is 13.2. The number of benzene rings is 4. The smallest absolute Gasteiger partial charge is 0.259 e. The predicted octanol–water partition coefficient (Wildman–Crippen LogP) is 6.03. The quantitative estimate of drug-likeness (QED) is 0.161. The van der Waals surface area contributed by atoms with E-state index in [2.05, 4.69) is 21.2 Å². The fraction of sp³-hybridized carbons (Fsp3) is 0.0690. The van der Waals surface area contributed by atoms with Crippen LogP contribution in [-0.4, -0.2) is 32.5 Å². The zero-order valence-electron chi connectivity index (χ0n) is 21.2. The minimum atomic E-state index is -3.88. The summed E-state index contributed by atoms with van der Waals surface area (Å²) in [5.41, 5.74) is 4.81. The molecule has 3 N–H and O–H groups in total. The summed E-state index contributed by atoms with van der Waals surface area (Å²) in [6, 6.07) is 25.9. The monoisotopic (exact) mass is 594 g/mol. The summed E-state index contributed by atoms with van der Waals surface area (Å²) in [6.07, 6.45) is 0. The number of amides is 2. The van der Waals surface area contributed by atoms with Crippen LogP contribution in [0.15, 0.2) is 112 Å². The van der Waals surface area contributed by atoms with E-state index in [1.54, 1.807) is 73.7 Å². The van der Waals surface area contributed by atoms with Gasteiger partial charge in [0, 0.05) is 21.3 Å². The number of nitrogens with zero attached hydrogens (tertiary/aromatic N) is 1. The normalized spacial score (nSPS) is 11.5. The highest BCUT2D eigenvalue weighted by Gasteiger charge is 2.22. The van der Waals surface area contributed by atoms with Crippen LogP contribution in [0.3, 0.4) is 0 Å². The molecule has 4 rings (SSSR count). The molecule has 0 aromatic heterocycles. The van der Waals surface area contributed by atoms with E-state index in [0.717, 1.165) is 0 Å². The first-order valence-corrected chi connectivity index (χ1v) is 14.2. The molecule has 4 aromatic carbocycles. The van der Waals surface area contributed by atoms with Crippen molar-refractivity contribution in [3.8, 4) is 0 Å². The molecule has 0 saturated heterocycles. The van der Waals surface area contributed by atoms with Gasteiger partial charge in [0.05, 0.1) is 27.7 Å². The summed E-state index contributed by atoms with van der Waals surface area (Å²) in [4.78, 5) is 25.1. The molecule has 0 heterocycles. The van der Waals surface area contributed by atoms with Crippen LogP contribution in [0.4, 0.5) is 11.4 Å². The Labute approximate surface area is 241 Å². The van der Waals surface area contributed by atoms with Crippen molar-refractivity contribution in [1.82, 2.24) is 5.43 Å². The zero-order valence-corrected chi connectivity index (χ0v) is 23.5. The van der Waals surface area contributed by atoms with Gasteiger partial charge in [-0.3, -0.25) is 9.59 Å². The average molecular weight is 596 g/mol. The predicted molar refractivity (Wildman–Crippen MR) is 158 cm³/mol. The molecule has 0 unspecified atom stereocenters. The molecule has 0 radical (unpaired) electrons. The maximum Gasteiger partial charge on any atom is 0.259 e. The molecule has 0 saturated carbocycles. The molecule has 2 amide bonds. The second kappa shape index (κ2) is 12.8. The van der Waals surface area contributed by atoms with Crippen LogP contribution in [0.1, 0.15) is 22.8 Å². The Kier molecular flexibility index (Phi) is 9.21. The van der Waals surface area contributed by atoms with Gasteiger partial charge in [0.25, 0.3) is 11.8 Å². The first kappa shape index (κ1) is 28.8. The van der Waals surface area contributed by atoms with Crippen LogP contribution < -0.4 is 16.1 Å². The Hall–Kier alpha value is -4.18. The molecule has 0 bridgehead atoms. The van der Waals surface area contributed by atoms with Crippen LogP contribution in [0.5, 0.6) is 0 Å². The number of hydrogen-bond acceptors (Lipinski definition) is 6. The summed E-state index contributed by atoms with van der Waals surface area (Å²) in [6.45, 7) is 1.46. The highest BCUT2D eigenvalue weighted by molar-refractivity contribution is 7.91. The summed E-state index contributed by atoms with van der Waals surface area (Å²) in [7, 11) is -3.88. The van der Waals surface area contributed by atoms with E-state index >= 15 is 0 Å². The fourth-order valence-electron chi connectivity index (χ4n) is 3.67. The van der Waals surface area contributed by atoms with Crippen molar-refractivity contribution >= 4 is 61.9 Å². The number of carbonyl (C=O) groups excluding carboxylic acids is 2. The second-order valence-corrected chi connectivity index (χ2v) is 11.4. The van der Waals surface area contributed by atoms with E-state index in [9.17, 15) is 18.0 Å². The Morgan fingerprint density at radius 3 is 2.25 bits per heavy atom.